The third-order valence-electron chi connectivity index (χ3n) is 3.99. The maximum atomic E-state index is 9.64. The molecule has 2 rings (SSSR count). The predicted molar refractivity (Wildman–Crippen MR) is 117 cm³/mol. The summed E-state index contributed by atoms with van der Waals surface area (Å²) in [6.45, 7) is 1.99. The number of benzene rings is 2. The molecule has 0 aliphatic rings. The van der Waals surface area contributed by atoms with E-state index in [-0.39, 0.29) is 36.5 Å². The molecule has 26 heavy (non-hydrogen) atoms. The quantitative estimate of drug-likeness (QED) is 0.316. The first kappa shape index (κ1) is 22.4. The number of ether oxygens (including phenoxy) is 1. The lowest BCUT2D eigenvalue weighted by atomic mass is 10.0. The molecule has 0 aromatic heterocycles. The van der Waals surface area contributed by atoms with Crippen molar-refractivity contribution in [2.24, 2.45) is 4.99 Å². The summed E-state index contributed by atoms with van der Waals surface area (Å²) < 4.78 is 5.17. The van der Waals surface area contributed by atoms with Crippen LogP contribution in [-0.4, -0.2) is 38.4 Å². The Morgan fingerprint density at radius 2 is 1.81 bits per heavy atom. The van der Waals surface area contributed by atoms with Crippen LogP contribution >= 0.6 is 24.0 Å². The Kier molecular flexibility index (Phi) is 10.9. The smallest absolute Gasteiger partial charge is 0.191 e. The van der Waals surface area contributed by atoms with E-state index in [1.807, 2.05) is 42.5 Å². The minimum atomic E-state index is 0. The van der Waals surface area contributed by atoms with Gasteiger partial charge in [-0.3, -0.25) is 4.99 Å². The van der Waals surface area contributed by atoms with Crippen molar-refractivity contribution < 1.29 is 9.84 Å². The Labute approximate surface area is 172 Å². The molecule has 6 heteroatoms. The van der Waals surface area contributed by atoms with Gasteiger partial charge in [-0.25, -0.2) is 0 Å². The maximum absolute atomic E-state index is 9.64. The molecule has 0 saturated carbocycles. The van der Waals surface area contributed by atoms with Crippen LogP contribution in [0.1, 0.15) is 22.6 Å². The van der Waals surface area contributed by atoms with Gasteiger partial charge in [-0.15, -0.1) is 24.0 Å². The average Bonchev–Trinajstić information content (AvgIpc) is 2.66. The zero-order valence-electron chi connectivity index (χ0n) is 15.3. The predicted octanol–water partition coefficient (Wildman–Crippen LogP) is 2.89. The summed E-state index contributed by atoms with van der Waals surface area (Å²) in [6.07, 6.45) is 0. The first-order valence-corrected chi connectivity index (χ1v) is 8.44. The van der Waals surface area contributed by atoms with E-state index in [1.54, 1.807) is 14.2 Å². The molecule has 0 heterocycles. The fourth-order valence-corrected chi connectivity index (χ4v) is 2.64. The highest BCUT2D eigenvalue weighted by Crippen LogP contribution is 2.13. The Balaban J connectivity index is 0.00000338. The molecule has 1 unspecified atom stereocenters. The largest absolute Gasteiger partial charge is 0.396 e. The Bertz CT molecular complexity index is 665. The maximum Gasteiger partial charge on any atom is 0.191 e. The molecule has 0 radical (unpaired) electrons. The molecule has 142 valence electrons. The Hall–Kier alpha value is -1.64. The van der Waals surface area contributed by atoms with Gasteiger partial charge in [0.1, 0.15) is 0 Å². The van der Waals surface area contributed by atoms with Crippen LogP contribution in [0.2, 0.25) is 0 Å². The molecule has 2 aromatic carbocycles. The van der Waals surface area contributed by atoms with E-state index in [2.05, 4.69) is 27.8 Å². The fraction of sp³-hybridized carbons (Fsp3) is 0.350. The lowest BCUT2D eigenvalue weighted by molar-refractivity contribution is 0.185. The summed E-state index contributed by atoms with van der Waals surface area (Å²) >= 11 is 0. The minimum absolute atomic E-state index is 0. The second-order valence-corrected chi connectivity index (χ2v) is 5.85. The molecule has 2 aromatic rings. The number of hydrogen-bond donors (Lipinski definition) is 3. The number of aliphatic hydroxyl groups excluding tert-OH is 1. The summed E-state index contributed by atoms with van der Waals surface area (Å²) in [4.78, 5) is 4.25. The third-order valence-corrected chi connectivity index (χ3v) is 3.99. The van der Waals surface area contributed by atoms with Crippen LogP contribution in [0, 0.1) is 0 Å². The minimum Gasteiger partial charge on any atom is -0.396 e. The highest BCUT2D eigenvalue weighted by atomic mass is 127. The third kappa shape index (κ3) is 7.31. The van der Waals surface area contributed by atoms with E-state index in [4.69, 9.17) is 4.74 Å². The number of rotatable bonds is 8. The van der Waals surface area contributed by atoms with Gasteiger partial charge in [0.25, 0.3) is 0 Å². The van der Waals surface area contributed by atoms with E-state index >= 15 is 0 Å². The summed E-state index contributed by atoms with van der Waals surface area (Å²) in [5.41, 5.74) is 3.42. The summed E-state index contributed by atoms with van der Waals surface area (Å²) in [5, 5.41) is 16.2. The highest BCUT2D eigenvalue weighted by Gasteiger charge is 2.10. The molecule has 0 fully saturated rings. The number of aliphatic hydroxyl groups is 1. The number of methoxy groups -OCH3 is 1. The van der Waals surface area contributed by atoms with Gasteiger partial charge in [-0.1, -0.05) is 54.6 Å². The normalized spacial score (nSPS) is 12.2. The molecule has 0 saturated heterocycles. The van der Waals surface area contributed by atoms with Crippen molar-refractivity contribution >= 4 is 29.9 Å². The van der Waals surface area contributed by atoms with Crippen molar-refractivity contribution in [3.05, 3.63) is 71.3 Å². The summed E-state index contributed by atoms with van der Waals surface area (Å²) in [5.74, 6) is 0.747. The van der Waals surface area contributed by atoms with Gasteiger partial charge >= 0.3 is 0 Å². The zero-order chi connectivity index (χ0) is 17.9. The van der Waals surface area contributed by atoms with Crippen LogP contribution in [0.4, 0.5) is 0 Å². The van der Waals surface area contributed by atoms with E-state index < -0.39 is 0 Å². The van der Waals surface area contributed by atoms with Crippen molar-refractivity contribution in [3.8, 4) is 0 Å². The van der Waals surface area contributed by atoms with E-state index in [1.165, 1.54) is 5.56 Å². The van der Waals surface area contributed by atoms with Crippen LogP contribution in [0.3, 0.4) is 0 Å². The van der Waals surface area contributed by atoms with Crippen molar-refractivity contribution in [2.45, 2.75) is 19.1 Å². The molecule has 1 atom stereocenters. The summed E-state index contributed by atoms with van der Waals surface area (Å²) in [7, 11) is 3.44. The molecule has 0 spiro atoms. The summed E-state index contributed by atoms with van der Waals surface area (Å²) in [6, 6.07) is 18.3. The second-order valence-electron chi connectivity index (χ2n) is 5.85. The number of halogens is 1. The number of nitrogens with one attached hydrogen (secondary N) is 2. The molecule has 3 N–H and O–H groups in total. The molecular weight excluding hydrogens is 441 g/mol. The second kappa shape index (κ2) is 12.7. The number of guanidine groups is 1. The van der Waals surface area contributed by atoms with Gasteiger partial charge in [-0.05, 0) is 16.7 Å². The van der Waals surface area contributed by atoms with Gasteiger partial charge in [-0.2, -0.15) is 0 Å². The number of nitrogens with zero attached hydrogens (tertiary/aromatic N) is 1. The monoisotopic (exact) mass is 469 g/mol. The van der Waals surface area contributed by atoms with Crippen molar-refractivity contribution in [1.82, 2.24) is 10.6 Å². The Morgan fingerprint density at radius 1 is 1.08 bits per heavy atom. The van der Waals surface area contributed by atoms with Gasteiger partial charge in [0.15, 0.2) is 5.96 Å². The number of aliphatic imine (C=N–C) groups is 1. The molecule has 0 aliphatic carbocycles. The van der Waals surface area contributed by atoms with Crippen LogP contribution in [0.15, 0.2) is 59.6 Å². The van der Waals surface area contributed by atoms with Crippen LogP contribution in [0.5, 0.6) is 0 Å². The van der Waals surface area contributed by atoms with Crippen molar-refractivity contribution in [3.63, 3.8) is 0 Å². The lowest BCUT2D eigenvalue weighted by Gasteiger charge is -2.18. The number of hydrogen-bond acceptors (Lipinski definition) is 3. The standard InChI is InChI=1S/C20H27N3O2.HI/c1-21-20(22-12-16-7-6-8-17(11-16)15-25-2)23-13-19(14-24)18-9-4-3-5-10-18;/h3-11,19,24H,12-15H2,1-2H3,(H2,21,22,23);1H. The lowest BCUT2D eigenvalue weighted by Crippen LogP contribution is -2.39. The first-order valence-electron chi connectivity index (χ1n) is 8.44. The van der Waals surface area contributed by atoms with E-state index in [9.17, 15) is 5.11 Å². The first-order chi connectivity index (χ1) is 12.3. The molecule has 5 nitrogen and oxygen atoms in total. The topological polar surface area (TPSA) is 65.9 Å². The fourth-order valence-electron chi connectivity index (χ4n) is 2.64. The van der Waals surface area contributed by atoms with Crippen LogP contribution in [0.25, 0.3) is 0 Å². The SMILES string of the molecule is CN=C(NCc1cccc(COC)c1)NCC(CO)c1ccccc1.I. The molecule has 0 aliphatic heterocycles. The van der Waals surface area contributed by atoms with E-state index in [0.717, 1.165) is 11.1 Å². The molecule has 0 amide bonds. The van der Waals surface area contributed by atoms with Crippen molar-refractivity contribution in [2.75, 3.05) is 27.3 Å². The van der Waals surface area contributed by atoms with Gasteiger partial charge < -0.3 is 20.5 Å². The average molecular weight is 469 g/mol. The zero-order valence-corrected chi connectivity index (χ0v) is 17.6. The highest BCUT2D eigenvalue weighted by molar-refractivity contribution is 14.0. The van der Waals surface area contributed by atoms with Crippen LogP contribution in [-0.2, 0) is 17.9 Å². The van der Waals surface area contributed by atoms with Gasteiger partial charge in [0.2, 0.25) is 0 Å². The van der Waals surface area contributed by atoms with Crippen LogP contribution < -0.4 is 10.6 Å². The Morgan fingerprint density at radius 3 is 2.46 bits per heavy atom. The van der Waals surface area contributed by atoms with Gasteiger partial charge in [0, 0.05) is 33.2 Å². The van der Waals surface area contributed by atoms with Crippen molar-refractivity contribution in [1.29, 1.82) is 0 Å². The van der Waals surface area contributed by atoms with E-state index in [0.29, 0.717) is 25.7 Å². The molecular formula is C20H28IN3O2. The molecule has 0 bridgehead atoms. The van der Waals surface area contributed by atoms with Gasteiger partial charge in [0.05, 0.1) is 13.2 Å².